The molecule has 2 heterocycles. The Balaban J connectivity index is 1.50. The predicted molar refractivity (Wildman–Crippen MR) is 74.5 cm³/mol. The number of piperidine rings is 1. The van der Waals surface area contributed by atoms with Crippen LogP contribution in [-0.4, -0.2) is 32.1 Å². The van der Waals surface area contributed by atoms with Crippen LogP contribution in [0.1, 0.15) is 35.6 Å². The molecule has 114 valence electrons. The molecule has 1 amide bonds. The fraction of sp³-hybridized carbons (Fsp3) is 0.600. The molecule has 1 aromatic rings. The molecule has 1 spiro atoms. The van der Waals surface area contributed by atoms with Gasteiger partial charge in [-0.25, -0.2) is 4.79 Å². The van der Waals surface area contributed by atoms with Crippen LogP contribution < -0.4 is 10.6 Å². The van der Waals surface area contributed by atoms with Crippen molar-refractivity contribution in [2.24, 2.45) is 11.3 Å². The van der Waals surface area contributed by atoms with Gasteiger partial charge in [-0.3, -0.25) is 4.79 Å². The van der Waals surface area contributed by atoms with E-state index in [-0.39, 0.29) is 23.0 Å². The molecule has 3 rings (SSSR count). The first-order valence-electron chi connectivity index (χ1n) is 7.30. The topological polar surface area (TPSA) is 80.6 Å². The lowest BCUT2D eigenvalue weighted by molar-refractivity contribution is -0.123. The number of carbonyl (C=O) groups excluding carboxylic acids is 2. The van der Waals surface area contributed by atoms with Crippen molar-refractivity contribution < 1.29 is 18.7 Å². The molecule has 21 heavy (non-hydrogen) atoms. The standard InChI is InChI=1S/C15H20N2O4/c1-20-14(19)12-3-2-10(21-12)9-17-13(18)11-8-15(11)4-6-16-7-5-15/h2-3,11,16H,4-9H2,1H3,(H,17,18). The van der Waals surface area contributed by atoms with Gasteiger partial charge in [0.15, 0.2) is 0 Å². The third kappa shape index (κ3) is 2.81. The highest BCUT2D eigenvalue weighted by atomic mass is 16.5. The molecule has 2 aliphatic rings. The van der Waals surface area contributed by atoms with E-state index in [2.05, 4.69) is 15.4 Å². The normalized spacial score (nSPS) is 22.8. The van der Waals surface area contributed by atoms with E-state index < -0.39 is 5.97 Å². The summed E-state index contributed by atoms with van der Waals surface area (Å²) in [5.41, 5.74) is 0.232. The summed E-state index contributed by atoms with van der Waals surface area (Å²) < 4.78 is 9.90. The number of carbonyl (C=O) groups is 2. The molecule has 0 bridgehead atoms. The molecule has 1 unspecified atom stereocenters. The Labute approximate surface area is 123 Å². The van der Waals surface area contributed by atoms with Crippen LogP contribution in [0.2, 0.25) is 0 Å². The summed E-state index contributed by atoms with van der Waals surface area (Å²) >= 11 is 0. The van der Waals surface area contributed by atoms with Crippen LogP contribution in [0.15, 0.2) is 16.5 Å². The maximum absolute atomic E-state index is 12.2. The summed E-state index contributed by atoms with van der Waals surface area (Å²) in [5.74, 6) is 0.428. The molecule has 1 aromatic heterocycles. The van der Waals surface area contributed by atoms with Gasteiger partial charge in [0, 0.05) is 5.92 Å². The summed E-state index contributed by atoms with van der Waals surface area (Å²) in [6.45, 7) is 2.32. The van der Waals surface area contributed by atoms with E-state index >= 15 is 0 Å². The van der Waals surface area contributed by atoms with Crippen molar-refractivity contribution in [1.29, 1.82) is 0 Å². The lowest BCUT2D eigenvalue weighted by Crippen LogP contribution is -2.33. The Bertz CT molecular complexity index is 546. The predicted octanol–water partition coefficient (Wildman–Crippen LogP) is 1.07. The minimum atomic E-state index is -0.511. The largest absolute Gasteiger partial charge is 0.463 e. The summed E-state index contributed by atoms with van der Waals surface area (Å²) in [5, 5.41) is 6.22. The van der Waals surface area contributed by atoms with Crippen LogP contribution in [0.5, 0.6) is 0 Å². The van der Waals surface area contributed by atoms with Gasteiger partial charge in [0.05, 0.1) is 13.7 Å². The second-order valence-electron chi connectivity index (χ2n) is 5.84. The maximum Gasteiger partial charge on any atom is 0.373 e. The average molecular weight is 292 g/mol. The Morgan fingerprint density at radius 1 is 1.43 bits per heavy atom. The first kappa shape index (κ1) is 14.1. The van der Waals surface area contributed by atoms with Crippen molar-refractivity contribution in [3.05, 3.63) is 23.7 Å². The summed E-state index contributed by atoms with van der Waals surface area (Å²) in [6.07, 6.45) is 3.16. The van der Waals surface area contributed by atoms with E-state index in [0.29, 0.717) is 12.3 Å². The Morgan fingerprint density at radius 2 is 2.19 bits per heavy atom. The molecule has 1 saturated heterocycles. The van der Waals surface area contributed by atoms with E-state index in [9.17, 15) is 9.59 Å². The van der Waals surface area contributed by atoms with Crippen LogP contribution in [0.3, 0.4) is 0 Å². The van der Waals surface area contributed by atoms with Crippen molar-refractivity contribution >= 4 is 11.9 Å². The molecule has 1 aliphatic heterocycles. The number of furan rings is 1. The SMILES string of the molecule is COC(=O)c1ccc(CNC(=O)C2CC23CCNCC3)o1. The highest BCUT2D eigenvalue weighted by molar-refractivity contribution is 5.86. The smallest absolute Gasteiger partial charge is 0.373 e. The van der Waals surface area contributed by atoms with Crippen LogP contribution in [0.25, 0.3) is 0 Å². The monoisotopic (exact) mass is 292 g/mol. The van der Waals surface area contributed by atoms with E-state index in [1.54, 1.807) is 12.1 Å². The summed E-state index contributed by atoms with van der Waals surface area (Å²) in [6, 6.07) is 3.23. The van der Waals surface area contributed by atoms with Crippen molar-refractivity contribution in [2.45, 2.75) is 25.8 Å². The van der Waals surface area contributed by atoms with E-state index in [1.807, 2.05) is 0 Å². The van der Waals surface area contributed by atoms with Gasteiger partial charge in [0.1, 0.15) is 5.76 Å². The van der Waals surface area contributed by atoms with Gasteiger partial charge in [-0.15, -0.1) is 0 Å². The number of nitrogens with one attached hydrogen (secondary N) is 2. The fourth-order valence-corrected chi connectivity index (χ4v) is 3.18. The van der Waals surface area contributed by atoms with Gasteiger partial charge in [-0.05, 0) is 49.9 Å². The second kappa shape index (κ2) is 5.52. The number of ether oxygens (including phenoxy) is 1. The molecular weight excluding hydrogens is 272 g/mol. The van der Waals surface area contributed by atoms with E-state index in [4.69, 9.17) is 4.42 Å². The number of methoxy groups -OCH3 is 1. The molecule has 6 nitrogen and oxygen atoms in total. The van der Waals surface area contributed by atoms with Crippen molar-refractivity contribution in [3.63, 3.8) is 0 Å². The zero-order valence-electron chi connectivity index (χ0n) is 12.1. The summed E-state index contributed by atoms with van der Waals surface area (Å²) in [7, 11) is 1.30. The van der Waals surface area contributed by atoms with E-state index in [0.717, 1.165) is 32.4 Å². The number of amides is 1. The Hall–Kier alpha value is -1.82. The van der Waals surface area contributed by atoms with E-state index in [1.165, 1.54) is 7.11 Å². The quantitative estimate of drug-likeness (QED) is 0.811. The third-order valence-corrected chi connectivity index (χ3v) is 4.59. The minimum Gasteiger partial charge on any atom is -0.463 e. The van der Waals surface area contributed by atoms with Gasteiger partial charge in [0.25, 0.3) is 0 Å². The van der Waals surface area contributed by atoms with Crippen molar-refractivity contribution in [3.8, 4) is 0 Å². The molecule has 1 saturated carbocycles. The van der Waals surface area contributed by atoms with Gasteiger partial charge in [-0.1, -0.05) is 0 Å². The summed E-state index contributed by atoms with van der Waals surface area (Å²) in [4.78, 5) is 23.5. The Morgan fingerprint density at radius 3 is 2.90 bits per heavy atom. The number of hydrogen-bond donors (Lipinski definition) is 2. The lowest BCUT2D eigenvalue weighted by atomic mass is 9.92. The number of hydrogen-bond acceptors (Lipinski definition) is 5. The van der Waals surface area contributed by atoms with Crippen LogP contribution in [-0.2, 0) is 16.1 Å². The van der Waals surface area contributed by atoms with Gasteiger partial charge >= 0.3 is 5.97 Å². The lowest BCUT2D eigenvalue weighted by Gasteiger charge is -2.23. The molecule has 1 atom stereocenters. The molecule has 2 fully saturated rings. The highest BCUT2D eigenvalue weighted by Crippen LogP contribution is 2.58. The zero-order valence-corrected chi connectivity index (χ0v) is 12.1. The Kier molecular flexibility index (Phi) is 3.71. The maximum atomic E-state index is 12.2. The zero-order chi connectivity index (χ0) is 14.9. The molecular formula is C15H20N2O4. The van der Waals surface area contributed by atoms with Crippen LogP contribution in [0.4, 0.5) is 0 Å². The minimum absolute atomic E-state index is 0.0907. The van der Waals surface area contributed by atoms with Gasteiger partial charge in [0.2, 0.25) is 11.7 Å². The third-order valence-electron chi connectivity index (χ3n) is 4.59. The average Bonchev–Trinajstić information content (AvgIpc) is 2.99. The second-order valence-corrected chi connectivity index (χ2v) is 5.84. The van der Waals surface area contributed by atoms with Crippen LogP contribution >= 0.6 is 0 Å². The highest BCUT2D eigenvalue weighted by Gasteiger charge is 2.57. The number of esters is 1. The molecule has 0 radical (unpaired) electrons. The van der Waals surface area contributed by atoms with Crippen molar-refractivity contribution in [2.75, 3.05) is 20.2 Å². The van der Waals surface area contributed by atoms with Crippen LogP contribution in [0, 0.1) is 11.3 Å². The van der Waals surface area contributed by atoms with Gasteiger partial charge in [-0.2, -0.15) is 0 Å². The number of rotatable bonds is 4. The van der Waals surface area contributed by atoms with Gasteiger partial charge < -0.3 is 19.8 Å². The molecule has 0 aromatic carbocycles. The molecule has 6 heteroatoms. The first-order valence-corrected chi connectivity index (χ1v) is 7.30. The van der Waals surface area contributed by atoms with Crippen molar-refractivity contribution in [1.82, 2.24) is 10.6 Å². The first-order chi connectivity index (χ1) is 10.1. The molecule has 2 N–H and O–H groups in total. The molecule has 1 aliphatic carbocycles. The fourth-order valence-electron chi connectivity index (χ4n) is 3.18.